The van der Waals surface area contributed by atoms with Crippen molar-refractivity contribution >= 4 is 11.6 Å². The molecule has 1 heterocycles. The average molecular weight is 373 g/mol. The molecule has 28 heavy (non-hydrogen) atoms. The van der Waals surface area contributed by atoms with Crippen LogP contribution < -0.4 is 4.90 Å². The molecule has 0 atom stereocenters. The van der Waals surface area contributed by atoms with Crippen LogP contribution in [0.3, 0.4) is 0 Å². The normalized spacial score (nSPS) is 11.3. The summed E-state index contributed by atoms with van der Waals surface area (Å²) in [6.45, 7) is 10.5. The van der Waals surface area contributed by atoms with Gasteiger partial charge in [0.15, 0.2) is 0 Å². The van der Waals surface area contributed by atoms with Crippen LogP contribution in [0.15, 0.2) is 66.9 Å². The Morgan fingerprint density at radius 3 is 2.32 bits per heavy atom. The van der Waals surface area contributed by atoms with E-state index in [9.17, 15) is 4.79 Å². The minimum atomic E-state index is -0.485. The van der Waals surface area contributed by atoms with Crippen LogP contribution in [0.2, 0.25) is 0 Å². The van der Waals surface area contributed by atoms with Crippen LogP contribution in [0.25, 0.3) is 11.1 Å². The molecule has 1 amide bonds. The molecule has 3 rings (SSSR count). The largest absolute Gasteiger partial charge is 0.306 e. The van der Waals surface area contributed by atoms with Crippen LogP contribution in [0.1, 0.15) is 37.6 Å². The van der Waals surface area contributed by atoms with Crippen molar-refractivity contribution in [1.82, 2.24) is 4.98 Å². The molecule has 0 spiro atoms. The number of rotatable bonds is 4. The summed E-state index contributed by atoms with van der Waals surface area (Å²) in [6.07, 6.45) is 1.77. The zero-order chi connectivity index (χ0) is 20.3. The second-order valence-electron chi connectivity index (χ2n) is 8.33. The van der Waals surface area contributed by atoms with E-state index in [-0.39, 0.29) is 5.91 Å². The Morgan fingerprint density at radius 1 is 0.964 bits per heavy atom. The highest BCUT2D eigenvalue weighted by Crippen LogP contribution is 2.31. The number of aromatic nitrogens is 1. The van der Waals surface area contributed by atoms with Gasteiger partial charge >= 0.3 is 0 Å². The molecule has 0 aliphatic rings. The topological polar surface area (TPSA) is 33.2 Å². The maximum absolute atomic E-state index is 13.3. The van der Waals surface area contributed by atoms with Crippen molar-refractivity contribution in [2.24, 2.45) is 5.41 Å². The van der Waals surface area contributed by atoms with E-state index in [0.29, 0.717) is 6.54 Å². The fraction of sp³-hybridized carbons (Fsp3) is 0.280. The highest BCUT2D eigenvalue weighted by Gasteiger charge is 2.29. The molecule has 0 saturated heterocycles. The maximum atomic E-state index is 13.3. The Bertz CT molecular complexity index is 971. The summed E-state index contributed by atoms with van der Waals surface area (Å²) in [7, 11) is 0. The molecule has 144 valence electrons. The molecule has 0 N–H and O–H groups in total. The Hall–Kier alpha value is -2.94. The Morgan fingerprint density at radius 2 is 1.68 bits per heavy atom. The van der Waals surface area contributed by atoms with Crippen LogP contribution in [-0.2, 0) is 11.3 Å². The van der Waals surface area contributed by atoms with E-state index in [1.54, 1.807) is 6.20 Å². The number of benzene rings is 2. The molecular formula is C25H28N2O. The van der Waals surface area contributed by atoms with Crippen molar-refractivity contribution in [2.75, 3.05) is 4.90 Å². The number of anilines is 1. The van der Waals surface area contributed by atoms with Gasteiger partial charge in [-0.05, 0) is 60.4 Å². The lowest BCUT2D eigenvalue weighted by molar-refractivity contribution is -0.125. The molecule has 3 nitrogen and oxygen atoms in total. The zero-order valence-corrected chi connectivity index (χ0v) is 17.4. The predicted octanol–water partition coefficient (Wildman–Crippen LogP) is 5.94. The van der Waals surface area contributed by atoms with Gasteiger partial charge in [0.1, 0.15) is 0 Å². The van der Waals surface area contributed by atoms with Gasteiger partial charge < -0.3 is 4.90 Å². The van der Waals surface area contributed by atoms with Gasteiger partial charge in [0, 0.05) is 17.3 Å². The first-order chi connectivity index (χ1) is 13.3. The van der Waals surface area contributed by atoms with Gasteiger partial charge in [-0.25, -0.2) is 0 Å². The van der Waals surface area contributed by atoms with Crippen molar-refractivity contribution in [3.8, 4) is 11.1 Å². The second kappa shape index (κ2) is 7.97. The summed E-state index contributed by atoms with van der Waals surface area (Å²) in [4.78, 5) is 19.6. The standard InChI is InChI=1S/C25H28N2O/c1-18-14-20(23-12-7-6-10-19(23)2)16-22(15-18)27(24(28)25(3,4)5)17-21-11-8-9-13-26-21/h6-16H,17H2,1-5H3. The highest BCUT2D eigenvalue weighted by molar-refractivity contribution is 5.97. The molecule has 3 aromatic rings. The molecule has 1 aromatic heterocycles. The van der Waals surface area contributed by atoms with Gasteiger partial charge in [0.05, 0.1) is 12.2 Å². The number of nitrogens with zero attached hydrogens (tertiary/aromatic N) is 2. The van der Waals surface area contributed by atoms with Crippen LogP contribution in [0.4, 0.5) is 5.69 Å². The van der Waals surface area contributed by atoms with E-state index in [1.165, 1.54) is 11.1 Å². The molecule has 0 radical (unpaired) electrons. The summed E-state index contributed by atoms with van der Waals surface area (Å²) in [6, 6.07) is 20.5. The van der Waals surface area contributed by atoms with E-state index in [1.807, 2.05) is 49.9 Å². The van der Waals surface area contributed by atoms with Gasteiger partial charge in [-0.15, -0.1) is 0 Å². The van der Waals surface area contributed by atoms with Crippen molar-refractivity contribution < 1.29 is 4.79 Å². The van der Waals surface area contributed by atoms with Gasteiger partial charge in [0.25, 0.3) is 0 Å². The first-order valence-electron chi connectivity index (χ1n) is 9.65. The molecule has 0 aliphatic heterocycles. The van der Waals surface area contributed by atoms with E-state index in [0.717, 1.165) is 22.5 Å². The van der Waals surface area contributed by atoms with E-state index in [2.05, 4.69) is 55.2 Å². The summed E-state index contributed by atoms with van der Waals surface area (Å²) < 4.78 is 0. The van der Waals surface area contributed by atoms with Gasteiger partial charge in [-0.1, -0.05) is 57.2 Å². The van der Waals surface area contributed by atoms with Gasteiger partial charge in [-0.2, -0.15) is 0 Å². The Labute approximate surface area is 168 Å². The summed E-state index contributed by atoms with van der Waals surface area (Å²) in [5, 5.41) is 0. The number of amides is 1. The highest BCUT2D eigenvalue weighted by atomic mass is 16.2. The third-order valence-electron chi connectivity index (χ3n) is 4.76. The molecular weight excluding hydrogens is 344 g/mol. The monoisotopic (exact) mass is 372 g/mol. The molecule has 0 unspecified atom stereocenters. The van der Waals surface area contributed by atoms with Crippen LogP contribution in [0, 0.1) is 19.3 Å². The smallest absolute Gasteiger partial charge is 0.232 e. The zero-order valence-electron chi connectivity index (χ0n) is 17.4. The molecule has 0 fully saturated rings. The minimum absolute atomic E-state index is 0.0829. The molecule has 0 saturated carbocycles. The van der Waals surface area contributed by atoms with E-state index in [4.69, 9.17) is 0 Å². The lowest BCUT2D eigenvalue weighted by Gasteiger charge is -2.30. The van der Waals surface area contributed by atoms with Crippen molar-refractivity contribution in [3.63, 3.8) is 0 Å². The predicted molar refractivity (Wildman–Crippen MR) is 116 cm³/mol. The SMILES string of the molecule is Cc1cc(-c2ccccc2C)cc(N(Cc2ccccn2)C(=O)C(C)(C)C)c1. The van der Waals surface area contributed by atoms with Crippen LogP contribution >= 0.6 is 0 Å². The Balaban J connectivity index is 2.09. The van der Waals surface area contributed by atoms with E-state index >= 15 is 0 Å². The van der Waals surface area contributed by atoms with Crippen molar-refractivity contribution in [1.29, 1.82) is 0 Å². The number of carbonyl (C=O) groups excluding carboxylic acids is 1. The fourth-order valence-corrected chi connectivity index (χ4v) is 3.31. The molecule has 0 bridgehead atoms. The first kappa shape index (κ1) is 19.8. The first-order valence-corrected chi connectivity index (χ1v) is 9.65. The minimum Gasteiger partial charge on any atom is -0.306 e. The second-order valence-corrected chi connectivity index (χ2v) is 8.33. The lowest BCUT2D eigenvalue weighted by Crippen LogP contribution is -2.39. The average Bonchev–Trinajstić information content (AvgIpc) is 2.65. The van der Waals surface area contributed by atoms with Crippen molar-refractivity contribution in [3.05, 3.63) is 83.7 Å². The third kappa shape index (κ3) is 4.48. The van der Waals surface area contributed by atoms with Crippen molar-refractivity contribution in [2.45, 2.75) is 41.2 Å². The quantitative estimate of drug-likeness (QED) is 0.567. The number of hydrogen-bond donors (Lipinski definition) is 0. The summed E-state index contributed by atoms with van der Waals surface area (Å²) >= 11 is 0. The molecule has 3 heteroatoms. The van der Waals surface area contributed by atoms with Gasteiger partial charge in [0.2, 0.25) is 5.91 Å². The fourth-order valence-electron chi connectivity index (χ4n) is 3.31. The maximum Gasteiger partial charge on any atom is 0.232 e. The van der Waals surface area contributed by atoms with Crippen LogP contribution in [0.5, 0.6) is 0 Å². The number of carbonyl (C=O) groups is 1. The number of aryl methyl sites for hydroxylation is 2. The molecule has 2 aromatic carbocycles. The molecule has 0 aliphatic carbocycles. The van der Waals surface area contributed by atoms with E-state index < -0.39 is 5.41 Å². The number of pyridine rings is 1. The summed E-state index contributed by atoms with van der Waals surface area (Å²) in [5.41, 5.74) is 5.96. The Kier molecular flexibility index (Phi) is 5.64. The lowest BCUT2D eigenvalue weighted by atomic mass is 9.93. The third-order valence-corrected chi connectivity index (χ3v) is 4.76. The van der Waals surface area contributed by atoms with Crippen LogP contribution in [-0.4, -0.2) is 10.9 Å². The number of hydrogen-bond acceptors (Lipinski definition) is 2. The summed E-state index contributed by atoms with van der Waals surface area (Å²) in [5.74, 6) is 0.0829. The van der Waals surface area contributed by atoms with Gasteiger partial charge in [-0.3, -0.25) is 9.78 Å².